The predicted molar refractivity (Wildman–Crippen MR) is 99.9 cm³/mol. The van der Waals surface area contributed by atoms with E-state index in [1.54, 1.807) is 0 Å². The van der Waals surface area contributed by atoms with E-state index >= 15 is 0 Å². The summed E-state index contributed by atoms with van der Waals surface area (Å²) in [6, 6.07) is 4.06. The molecule has 154 valence electrons. The summed E-state index contributed by atoms with van der Waals surface area (Å²) >= 11 is 0. The van der Waals surface area contributed by atoms with Gasteiger partial charge in [0.15, 0.2) is 11.6 Å². The number of halogens is 2. The number of ether oxygens (including phenoxy) is 1. The van der Waals surface area contributed by atoms with Gasteiger partial charge in [-0.25, -0.2) is 8.78 Å². The van der Waals surface area contributed by atoms with Crippen LogP contribution in [0.25, 0.3) is 0 Å². The minimum atomic E-state index is -3.58. The summed E-state index contributed by atoms with van der Waals surface area (Å²) in [6.45, 7) is 7.80. The Labute approximate surface area is 160 Å². The van der Waals surface area contributed by atoms with Crippen LogP contribution in [0.1, 0.15) is 45.3 Å². The van der Waals surface area contributed by atoms with Crippen molar-refractivity contribution in [3.05, 3.63) is 35.4 Å². The predicted octanol–water partition coefficient (Wildman–Crippen LogP) is 3.51. The van der Waals surface area contributed by atoms with Gasteiger partial charge in [-0.1, -0.05) is 12.1 Å². The summed E-state index contributed by atoms with van der Waals surface area (Å²) in [4.78, 5) is 2.31. The summed E-state index contributed by atoms with van der Waals surface area (Å²) in [7, 11) is -3.58. The van der Waals surface area contributed by atoms with E-state index < -0.39 is 27.9 Å². The second-order valence-corrected chi connectivity index (χ2v) is 9.62. The Morgan fingerprint density at radius 2 is 1.96 bits per heavy atom. The van der Waals surface area contributed by atoms with Gasteiger partial charge < -0.3 is 4.74 Å². The molecular formula is C19H29F2NO4S. The van der Waals surface area contributed by atoms with Crippen molar-refractivity contribution in [2.24, 2.45) is 5.92 Å². The zero-order chi connectivity index (χ0) is 20.2. The van der Waals surface area contributed by atoms with Crippen molar-refractivity contribution in [2.45, 2.75) is 45.3 Å². The van der Waals surface area contributed by atoms with Crippen molar-refractivity contribution in [2.75, 3.05) is 32.6 Å². The summed E-state index contributed by atoms with van der Waals surface area (Å²) < 4.78 is 61.0. The molecule has 1 aliphatic rings. The van der Waals surface area contributed by atoms with Crippen molar-refractivity contribution < 1.29 is 26.1 Å². The van der Waals surface area contributed by atoms with E-state index in [0.29, 0.717) is 6.54 Å². The van der Waals surface area contributed by atoms with Gasteiger partial charge in [0, 0.05) is 23.6 Å². The van der Waals surface area contributed by atoms with Crippen LogP contribution in [0.4, 0.5) is 8.78 Å². The maximum atomic E-state index is 14.4. The monoisotopic (exact) mass is 405 g/mol. The standard InChI is InChI=1S/C19H29F2NO4S/c1-19(2,3)22-10-6-7-14(13-22)18(25-11-12-26-27(4,23)24)15-8-5-9-16(20)17(15)21/h5,8-9,14,18H,6-7,10-13H2,1-4H3/t14-,18?/m1/s1. The Morgan fingerprint density at radius 1 is 1.26 bits per heavy atom. The van der Waals surface area contributed by atoms with Crippen molar-refractivity contribution in [1.82, 2.24) is 4.90 Å². The molecule has 1 fully saturated rings. The molecule has 0 aromatic heterocycles. The molecule has 1 saturated heterocycles. The van der Waals surface area contributed by atoms with Gasteiger partial charge in [-0.3, -0.25) is 9.08 Å². The first-order valence-electron chi connectivity index (χ1n) is 9.14. The molecule has 1 aromatic carbocycles. The molecule has 5 nitrogen and oxygen atoms in total. The minimum Gasteiger partial charge on any atom is -0.371 e. The van der Waals surface area contributed by atoms with E-state index in [-0.39, 0.29) is 30.2 Å². The Morgan fingerprint density at radius 3 is 2.59 bits per heavy atom. The molecule has 1 heterocycles. The average molecular weight is 406 g/mol. The van der Waals surface area contributed by atoms with E-state index in [0.717, 1.165) is 31.7 Å². The van der Waals surface area contributed by atoms with E-state index in [1.807, 2.05) is 0 Å². The zero-order valence-corrected chi connectivity index (χ0v) is 17.2. The van der Waals surface area contributed by atoms with Gasteiger partial charge in [0.2, 0.25) is 0 Å². The van der Waals surface area contributed by atoms with Crippen molar-refractivity contribution in [3.8, 4) is 0 Å². The van der Waals surface area contributed by atoms with Gasteiger partial charge in [-0.15, -0.1) is 0 Å². The van der Waals surface area contributed by atoms with Crippen LogP contribution >= 0.6 is 0 Å². The average Bonchev–Trinajstić information content (AvgIpc) is 2.56. The van der Waals surface area contributed by atoms with Crippen molar-refractivity contribution in [1.29, 1.82) is 0 Å². The van der Waals surface area contributed by atoms with Gasteiger partial charge in [0.1, 0.15) is 0 Å². The number of rotatable bonds is 7. The molecule has 0 N–H and O–H groups in total. The van der Waals surface area contributed by atoms with Crippen LogP contribution in [0.2, 0.25) is 0 Å². The van der Waals surface area contributed by atoms with E-state index in [1.165, 1.54) is 12.1 Å². The molecule has 0 spiro atoms. The molecular weight excluding hydrogens is 376 g/mol. The lowest BCUT2D eigenvalue weighted by atomic mass is 9.86. The van der Waals surface area contributed by atoms with E-state index in [2.05, 4.69) is 25.7 Å². The highest BCUT2D eigenvalue weighted by atomic mass is 32.2. The molecule has 8 heteroatoms. The van der Waals surface area contributed by atoms with Gasteiger partial charge in [-0.2, -0.15) is 8.42 Å². The summed E-state index contributed by atoms with van der Waals surface area (Å²) in [5, 5.41) is 0. The lowest BCUT2D eigenvalue weighted by Crippen LogP contribution is -2.48. The molecule has 0 aliphatic carbocycles. The fourth-order valence-electron chi connectivity index (χ4n) is 3.45. The fraction of sp³-hybridized carbons (Fsp3) is 0.684. The van der Waals surface area contributed by atoms with Crippen LogP contribution in [0.3, 0.4) is 0 Å². The number of piperidine rings is 1. The third-order valence-electron chi connectivity index (χ3n) is 4.80. The molecule has 1 aliphatic heterocycles. The number of likely N-dealkylation sites (tertiary alicyclic amines) is 1. The van der Waals surface area contributed by atoms with E-state index in [4.69, 9.17) is 8.92 Å². The molecule has 0 amide bonds. The number of nitrogens with zero attached hydrogens (tertiary/aromatic N) is 1. The van der Waals surface area contributed by atoms with Crippen LogP contribution < -0.4 is 0 Å². The summed E-state index contributed by atoms with van der Waals surface area (Å²) in [5.41, 5.74) is 0.124. The van der Waals surface area contributed by atoms with Crippen molar-refractivity contribution >= 4 is 10.1 Å². The maximum Gasteiger partial charge on any atom is 0.264 e. The Hall–Kier alpha value is -1.09. The second-order valence-electron chi connectivity index (χ2n) is 7.98. The first kappa shape index (κ1) is 22.2. The SMILES string of the molecule is CC(C)(C)N1CCC[C@@H](C(OCCOS(C)(=O)=O)c2cccc(F)c2F)C1. The Kier molecular flexibility index (Phi) is 7.35. The van der Waals surface area contributed by atoms with Crippen molar-refractivity contribution in [3.63, 3.8) is 0 Å². The quantitative estimate of drug-likeness (QED) is 0.513. The molecule has 2 atom stereocenters. The highest BCUT2D eigenvalue weighted by Gasteiger charge is 2.34. The smallest absolute Gasteiger partial charge is 0.264 e. The van der Waals surface area contributed by atoms with Gasteiger partial charge in [0.05, 0.1) is 25.6 Å². The molecule has 0 saturated carbocycles. The van der Waals surface area contributed by atoms with Crippen LogP contribution in [-0.2, 0) is 19.0 Å². The number of hydrogen-bond acceptors (Lipinski definition) is 5. The Balaban J connectivity index is 2.20. The van der Waals surface area contributed by atoms with E-state index in [9.17, 15) is 17.2 Å². The third-order valence-corrected chi connectivity index (χ3v) is 5.40. The molecule has 1 aromatic rings. The minimum absolute atomic E-state index is 0.0281. The highest BCUT2D eigenvalue weighted by molar-refractivity contribution is 7.85. The van der Waals surface area contributed by atoms with Gasteiger partial charge in [-0.05, 0) is 46.2 Å². The van der Waals surface area contributed by atoms with Crippen LogP contribution in [-0.4, -0.2) is 51.4 Å². The normalized spacial score (nSPS) is 20.6. The van der Waals surface area contributed by atoms with Crippen LogP contribution in [0.15, 0.2) is 18.2 Å². The molecule has 0 bridgehead atoms. The number of hydrogen-bond donors (Lipinski definition) is 0. The maximum absolute atomic E-state index is 14.4. The first-order chi connectivity index (χ1) is 12.5. The summed E-state index contributed by atoms with van der Waals surface area (Å²) in [5.74, 6) is -1.87. The first-order valence-corrected chi connectivity index (χ1v) is 11.0. The lowest BCUT2D eigenvalue weighted by molar-refractivity contribution is -0.0403. The second kappa shape index (κ2) is 8.94. The molecule has 1 unspecified atom stereocenters. The Bertz CT molecular complexity index is 734. The van der Waals surface area contributed by atoms with Gasteiger partial charge in [0.25, 0.3) is 10.1 Å². The molecule has 27 heavy (non-hydrogen) atoms. The molecule has 0 radical (unpaired) electrons. The lowest BCUT2D eigenvalue weighted by Gasteiger charge is -2.43. The largest absolute Gasteiger partial charge is 0.371 e. The fourth-order valence-corrected chi connectivity index (χ4v) is 3.82. The zero-order valence-electron chi connectivity index (χ0n) is 16.4. The van der Waals surface area contributed by atoms with Crippen LogP contribution in [0, 0.1) is 17.6 Å². The highest BCUT2D eigenvalue weighted by Crippen LogP contribution is 2.36. The third kappa shape index (κ3) is 6.48. The van der Waals surface area contributed by atoms with Crippen LogP contribution in [0.5, 0.6) is 0 Å². The van der Waals surface area contributed by atoms with Gasteiger partial charge >= 0.3 is 0 Å². The summed E-state index contributed by atoms with van der Waals surface area (Å²) in [6.07, 6.45) is 2.03. The topological polar surface area (TPSA) is 55.8 Å². The number of benzene rings is 1. The molecule has 2 rings (SSSR count).